The van der Waals surface area contributed by atoms with Gasteiger partial charge in [-0.1, -0.05) is 18.2 Å². The van der Waals surface area contributed by atoms with Gasteiger partial charge in [-0.25, -0.2) is 4.99 Å². The number of nitrogens with one attached hydrogen (secondary N) is 2. The molecule has 1 saturated heterocycles. The fourth-order valence-corrected chi connectivity index (χ4v) is 2.68. The van der Waals surface area contributed by atoms with Crippen LogP contribution in [0.4, 0.5) is 14.5 Å². The number of hydrogen-bond donors (Lipinski definition) is 2. The number of anilines is 1. The number of para-hydroxylation sites is 2. The van der Waals surface area contributed by atoms with E-state index in [1.54, 1.807) is 24.3 Å². The van der Waals surface area contributed by atoms with Crippen LogP contribution in [-0.2, 0) is 0 Å². The highest BCUT2D eigenvalue weighted by atomic mass is 19.3. The summed E-state index contributed by atoms with van der Waals surface area (Å²) < 4.78 is 29.7. The minimum Gasteiger partial charge on any atom is -0.433 e. The molecule has 1 fully saturated rings. The fourth-order valence-electron chi connectivity index (χ4n) is 2.68. The lowest BCUT2D eigenvalue weighted by molar-refractivity contribution is -0.0495. The Morgan fingerprint density at radius 2 is 2.29 bits per heavy atom. The molecule has 0 aliphatic carbocycles. The van der Waals surface area contributed by atoms with Gasteiger partial charge in [0.25, 0.3) is 0 Å². The van der Waals surface area contributed by atoms with Crippen LogP contribution in [-0.4, -0.2) is 44.8 Å². The van der Waals surface area contributed by atoms with E-state index in [4.69, 9.17) is 0 Å². The second-order valence-corrected chi connectivity index (χ2v) is 5.43. The van der Waals surface area contributed by atoms with Crippen molar-refractivity contribution in [3.05, 3.63) is 36.9 Å². The molecule has 0 bridgehead atoms. The lowest BCUT2D eigenvalue weighted by atomic mass is 10.2. The van der Waals surface area contributed by atoms with Gasteiger partial charge in [0.15, 0.2) is 5.96 Å². The number of aliphatic imine (C=N–C) groups is 1. The van der Waals surface area contributed by atoms with Crippen LogP contribution < -0.4 is 20.3 Å². The Morgan fingerprint density at radius 3 is 3.00 bits per heavy atom. The van der Waals surface area contributed by atoms with Crippen LogP contribution in [0.15, 0.2) is 41.9 Å². The first kappa shape index (κ1) is 18.0. The molecule has 2 N–H and O–H groups in total. The molecule has 0 saturated carbocycles. The Labute approximate surface area is 141 Å². The molecule has 0 radical (unpaired) electrons. The topological polar surface area (TPSA) is 48.9 Å². The molecule has 2 rings (SSSR count). The Kier molecular flexibility index (Phi) is 6.84. The zero-order valence-electron chi connectivity index (χ0n) is 13.8. The molecular formula is C17H24F2N4O. The SMILES string of the molecule is C=CCN=C(NCC)NC1CCN(c2ccccc2OC(F)F)C1. The van der Waals surface area contributed by atoms with Crippen molar-refractivity contribution in [2.45, 2.75) is 26.0 Å². The molecule has 1 aliphatic heterocycles. The average Bonchev–Trinajstić information content (AvgIpc) is 3.01. The van der Waals surface area contributed by atoms with Gasteiger partial charge < -0.3 is 20.3 Å². The van der Waals surface area contributed by atoms with Crippen molar-refractivity contribution in [2.24, 2.45) is 4.99 Å². The second-order valence-electron chi connectivity index (χ2n) is 5.43. The van der Waals surface area contributed by atoms with Gasteiger partial charge in [0.1, 0.15) is 5.75 Å². The third-order valence-electron chi connectivity index (χ3n) is 3.67. The highest BCUT2D eigenvalue weighted by Gasteiger charge is 2.25. The molecular weight excluding hydrogens is 314 g/mol. The zero-order chi connectivity index (χ0) is 17.4. The number of ether oxygens (including phenoxy) is 1. The number of halogens is 2. The van der Waals surface area contributed by atoms with Crippen molar-refractivity contribution < 1.29 is 13.5 Å². The van der Waals surface area contributed by atoms with E-state index in [2.05, 4.69) is 26.9 Å². The van der Waals surface area contributed by atoms with E-state index in [1.807, 2.05) is 17.9 Å². The molecule has 1 heterocycles. The first-order valence-electron chi connectivity index (χ1n) is 8.08. The predicted molar refractivity (Wildman–Crippen MR) is 93.0 cm³/mol. The predicted octanol–water partition coefficient (Wildman–Crippen LogP) is 2.61. The maximum absolute atomic E-state index is 12.6. The van der Waals surface area contributed by atoms with Gasteiger partial charge in [-0.3, -0.25) is 0 Å². The summed E-state index contributed by atoms with van der Waals surface area (Å²) in [5.74, 6) is 0.946. The third kappa shape index (κ3) is 5.11. The van der Waals surface area contributed by atoms with Crippen LogP contribution in [0.3, 0.4) is 0 Å². The van der Waals surface area contributed by atoms with Gasteiger partial charge in [0.05, 0.1) is 12.2 Å². The van der Waals surface area contributed by atoms with E-state index in [1.165, 1.54) is 0 Å². The Bertz CT molecular complexity index is 565. The molecule has 24 heavy (non-hydrogen) atoms. The summed E-state index contributed by atoms with van der Waals surface area (Å²) in [6.07, 6.45) is 2.62. The van der Waals surface area contributed by atoms with Gasteiger partial charge in [-0.2, -0.15) is 8.78 Å². The van der Waals surface area contributed by atoms with E-state index < -0.39 is 6.61 Å². The van der Waals surface area contributed by atoms with Crippen LogP contribution in [0.2, 0.25) is 0 Å². The Balaban J connectivity index is 2.01. The summed E-state index contributed by atoms with van der Waals surface area (Å²) in [6, 6.07) is 7.07. The van der Waals surface area contributed by atoms with Crippen molar-refractivity contribution in [3.63, 3.8) is 0 Å². The number of benzene rings is 1. The van der Waals surface area contributed by atoms with Crippen molar-refractivity contribution in [1.29, 1.82) is 0 Å². The number of guanidine groups is 1. The molecule has 1 unspecified atom stereocenters. The zero-order valence-corrected chi connectivity index (χ0v) is 13.8. The number of nitrogens with zero attached hydrogens (tertiary/aromatic N) is 2. The maximum Gasteiger partial charge on any atom is 0.387 e. The standard InChI is InChI=1S/C17H24F2N4O/c1-3-10-21-17(20-4-2)22-13-9-11-23(12-13)14-7-5-6-8-15(14)24-16(18)19/h3,5-8,13,16H,1,4,9-12H2,2H3,(H2,20,21,22). The smallest absolute Gasteiger partial charge is 0.387 e. The molecule has 5 nitrogen and oxygen atoms in total. The van der Waals surface area contributed by atoms with E-state index in [0.717, 1.165) is 25.5 Å². The van der Waals surface area contributed by atoms with Crippen LogP contribution >= 0.6 is 0 Å². The van der Waals surface area contributed by atoms with Crippen molar-refractivity contribution >= 4 is 11.6 Å². The molecule has 1 atom stereocenters. The first-order chi connectivity index (χ1) is 11.6. The summed E-state index contributed by atoms with van der Waals surface area (Å²) >= 11 is 0. The normalized spacial score (nSPS) is 17.9. The van der Waals surface area contributed by atoms with E-state index in [9.17, 15) is 8.78 Å². The van der Waals surface area contributed by atoms with Gasteiger partial charge in [0, 0.05) is 25.7 Å². The van der Waals surface area contributed by atoms with Gasteiger partial charge in [0.2, 0.25) is 0 Å². The summed E-state index contributed by atoms with van der Waals surface area (Å²) in [5.41, 5.74) is 0.690. The van der Waals surface area contributed by atoms with Gasteiger partial charge in [-0.15, -0.1) is 6.58 Å². The van der Waals surface area contributed by atoms with Gasteiger partial charge in [-0.05, 0) is 25.5 Å². The summed E-state index contributed by atoms with van der Waals surface area (Å²) in [6.45, 7) is 5.61. The van der Waals surface area contributed by atoms with Crippen LogP contribution in [0.25, 0.3) is 0 Å². The number of alkyl halides is 2. The number of rotatable bonds is 7. The summed E-state index contributed by atoms with van der Waals surface area (Å²) in [7, 11) is 0. The molecule has 0 aromatic heterocycles. The van der Waals surface area contributed by atoms with Crippen molar-refractivity contribution in [3.8, 4) is 5.75 Å². The Hall–Kier alpha value is -2.31. The largest absolute Gasteiger partial charge is 0.433 e. The second kappa shape index (κ2) is 9.10. The van der Waals surface area contributed by atoms with Crippen LogP contribution in [0.1, 0.15) is 13.3 Å². The van der Waals surface area contributed by atoms with Crippen LogP contribution in [0, 0.1) is 0 Å². The van der Waals surface area contributed by atoms with E-state index in [-0.39, 0.29) is 11.8 Å². The van der Waals surface area contributed by atoms with Crippen molar-refractivity contribution in [2.75, 3.05) is 31.1 Å². The quantitative estimate of drug-likeness (QED) is 0.456. The lowest BCUT2D eigenvalue weighted by Gasteiger charge is -2.22. The fraction of sp³-hybridized carbons (Fsp3) is 0.471. The molecule has 0 spiro atoms. The molecule has 132 valence electrons. The molecule has 1 aromatic rings. The molecule has 7 heteroatoms. The molecule has 1 aliphatic rings. The number of hydrogen-bond acceptors (Lipinski definition) is 3. The average molecular weight is 338 g/mol. The minimum absolute atomic E-state index is 0.187. The highest BCUT2D eigenvalue weighted by Crippen LogP contribution is 2.31. The maximum atomic E-state index is 12.6. The monoisotopic (exact) mass is 338 g/mol. The summed E-state index contributed by atoms with van der Waals surface area (Å²) in [4.78, 5) is 6.43. The Morgan fingerprint density at radius 1 is 1.50 bits per heavy atom. The highest BCUT2D eigenvalue weighted by molar-refractivity contribution is 5.80. The van der Waals surface area contributed by atoms with E-state index in [0.29, 0.717) is 18.8 Å². The summed E-state index contributed by atoms with van der Waals surface area (Å²) in [5, 5.41) is 6.56. The lowest BCUT2D eigenvalue weighted by Crippen LogP contribution is -2.44. The first-order valence-corrected chi connectivity index (χ1v) is 8.08. The van der Waals surface area contributed by atoms with Crippen LogP contribution in [0.5, 0.6) is 5.75 Å². The van der Waals surface area contributed by atoms with Gasteiger partial charge >= 0.3 is 6.61 Å². The third-order valence-corrected chi connectivity index (χ3v) is 3.67. The van der Waals surface area contributed by atoms with Crippen molar-refractivity contribution in [1.82, 2.24) is 10.6 Å². The minimum atomic E-state index is -2.82. The molecule has 1 aromatic carbocycles. The van der Waals surface area contributed by atoms with E-state index >= 15 is 0 Å². The molecule has 0 amide bonds.